The van der Waals surface area contributed by atoms with E-state index in [1.807, 2.05) is 47.9 Å². The number of aromatic hydroxyl groups is 1. The van der Waals surface area contributed by atoms with Gasteiger partial charge < -0.3 is 29.3 Å². The summed E-state index contributed by atoms with van der Waals surface area (Å²) in [6, 6.07) is 24.0. The Bertz CT molecular complexity index is 1560. The van der Waals surface area contributed by atoms with Crippen molar-refractivity contribution >= 4 is 25.2 Å². The third-order valence-corrected chi connectivity index (χ3v) is 13.2. The molecule has 2 atom stereocenters. The molecule has 0 saturated heterocycles. The van der Waals surface area contributed by atoms with Crippen molar-refractivity contribution in [1.82, 2.24) is 9.88 Å². The van der Waals surface area contributed by atoms with Gasteiger partial charge in [0.15, 0.2) is 8.32 Å². The number of fused-ring (bicyclic) bond motifs is 1. The fourth-order valence-electron chi connectivity index (χ4n) is 5.18. The molecule has 4 aromatic rings. The summed E-state index contributed by atoms with van der Waals surface area (Å²) in [5.74, 6) is -0.231. The van der Waals surface area contributed by atoms with E-state index in [9.17, 15) is 15.0 Å². The van der Waals surface area contributed by atoms with Gasteiger partial charge in [0.05, 0.1) is 19.3 Å². The quantitative estimate of drug-likeness (QED) is 0.107. The van der Waals surface area contributed by atoms with Gasteiger partial charge in [-0.2, -0.15) is 0 Å². The Morgan fingerprint density at radius 1 is 1.00 bits per heavy atom. The Kier molecular flexibility index (Phi) is 10.7. The standard InChI is InChI=1S/C36H48N2O5Si/c1-8-42-35(41)32-21-29-19-27(14-16-31(29)38(32)23-26-12-10-9-11-13-26)18-25(2)37-22-34(43-44(6,7)36(3,4)5)28-15-17-33(40)30(20-28)24-39/h9-17,19-21,25,34,37,39-40H,8,18,22-24H2,1-7H3/t25-,34-/m1/s1. The van der Waals surface area contributed by atoms with Crippen LogP contribution in [0.3, 0.4) is 0 Å². The fraction of sp³-hybridized carbons (Fsp3) is 0.417. The molecule has 1 heterocycles. The topological polar surface area (TPSA) is 93.0 Å². The van der Waals surface area contributed by atoms with Crippen LogP contribution < -0.4 is 5.32 Å². The fourth-order valence-corrected chi connectivity index (χ4v) is 6.47. The zero-order chi connectivity index (χ0) is 32.1. The number of hydrogen-bond donors (Lipinski definition) is 3. The van der Waals surface area contributed by atoms with E-state index in [0.717, 1.165) is 28.5 Å². The number of carbonyl (C=O) groups is 1. The third kappa shape index (κ3) is 7.98. The Morgan fingerprint density at radius 2 is 1.73 bits per heavy atom. The first-order valence-electron chi connectivity index (χ1n) is 15.5. The highest BCUT2D eigenvalue weighted by atomic mass is 28.4. The molecule has 0 amide bonds. The Balaban J connectivity index is 1.54. The predicted molar refractivity (Wildman–Crippen MR) is 180 cm³/mol. The molecule has 3 aromatic carbocycles. The lowest BCUT2D eigenvalue weighted by molar-refractivity contribution is 0.0515. The molecule has 7 nitrogen and oxygen atoms in total. The van der Waals surface area contributed by atoms with Gasteiger partial charge in [-0.25, -0.2) is 4.79 Å². The molecule has 0 radical (unpaired) electrons. The number of hydrogen-bond acceptors (Lipinski definition) is 6. The van der Waals surface area contributed by atoms with Gasteiger partial charge in [-0.05, 0) is 85.4 Å². The second-order valence-corrected chi connectivity index (χ2v) is 17.9. The molecule has 0 aliphatic rings. The summed E-state index contributed by atoms with van der Waals surface area (Å²) in [6.45, 7) is 16.4. The molecule has 44 heavy (non-hydrogen) atoms. The van der Waals surface area contributed by atoms with E-state index in [-0.39, 0.29) is 35.5 Å². The predicted octanol–water partition coefficient (Wildman–Crippen LogP) is 7.35. The van der Waals surface area contributed by atoms with Gasteiger partial charge in [0, 0.05) is 35.6 Å². The minimum absolute atomic E-state index is 0.0301. The van der Waals surface area contributed by atoms with Crippen molar-refractivity contribution in [2.24, 2.45) is 0 Å². The van der Waals surface area contributed by atoms with Crippen LogP contribution in [-0.4, -0.2) is 48.3 Å². The highest BCUT2D eigenvalue weighted by Crippen LogP contribution is 2.40. The zero-order valence-electron chi connectivity index (χ0n) is 27.2. The summed E-state index contributed by atoms with van der Waals surface area (Å²) < 4.78 is 14.3. The molecule has 0 aliphatic carbocycles. The van der Waals surface area contributed by atoms with Crippen molar-refractivity contribution in [2.75, 3.05) is 13.2 Å². The van der Waals surface area contributed by atoms with Crippen molar-refractivity contribution < 1.29 is 24.2 Å². The molecule has 8 heteroatoms. The van der Waals surface area contributed by atoms with Crippen LogP contribution in [0.4, 0.5) is 0 Å². The van der Waals surface area contributed by atoms with Crippen LogP contribution in [-0.2, 0) is 28.7 Å². The van der Waals surface area contributed by atoms with E-state index >= 15 is 0 Å². The number of aliphatic hydroxyl groups excluding tert-OH is 1. The van der Waals surface area contributed by atoms with Crippen LogP contribution in [0.25, 0.3) is 10.9 Å². The number of rotatable bonds is 13. The molecule has 1 aromatic heterocycles. The van der Waals surface area contributed by atoms with E-state index in [4.69, 9.17) is 9.16 Å². The average Bonchev–Trinajstić information content (AvgIpc) is 3.33. The van der Waals surface area contributed by atoms with Gasteiger partial charge in [-0.1, -0.05) is 63.2 Å². The Hall–Kier alpha value is -3.43. The number of phenols is 1. The number of aliphatic hydroxyl groups is 1. The lowest BCUT2D eigenvalue weighted by Gasteiger charge is -2.40. The summed E-state index contributed by atoms with van der Waals surface area (Å²) in [5.41, 5.74) is 5.26. The molecule has 0 spiro atoms. The number of carbonyl (C=O) groups excluding carboxylic acids is 1. The van der Waals surface area contributed by atoms with Gasteiger partial charge >= 0.3 is 5.97 Å². The summed E-state index contributed by atoms with van der Waals surface area (Å²) in [5, 5.41) is 24.6. The van der Waals surface area contributed by atoms with E-state index in [0.29, 0.717) is 31.0 Å². The highest BCUT2D eigenvalue weighted by molar-refractivity contribution is 6.74. The van der Waals surface area contributed by atoms with Crippen LogP contribution in [0.5, 0.6) is 5.75 Å². The number of nitrogens with one attached hydrogen (secondary N) is 1. The summed E-state index contributed by atoms with van der Waals surface area (Å²) in [6.07, 6.45) is 0.560. The molecular weight excluding hydrogens is 568 g/mol. The first-order valence-corrected chi connectivity index (χ1v) is 18.4. The van der Waals surface area contributed by atoms with E-state index in [1.165, 1.54) is 5.56 Å². The first-order chi connectivity index (χ1) is 20.8. The second-order valence-electron chi connectivity index (χ2n) is 13.1. The van der Waals surface area contributed by atoms with Crippen molar-refractivity contribution in [1.29, 1.82) is 0 Å². The van der Waals surface area contributed by atoms with E-state index in [1.54, 1.807) is 6.07 Å². The highest BCUT2D eigenvalue weighted by Gasteiger charge is 2.39. The summed E-state index contributed by atoms with van der Waals surface area (Å²) in [4.78, 5) is 12.9. The monoisotopic (exact) mass is 616 g/mol. The maximum Gasteiger partial charge on any atom is 0.354 e. The molecule has 0 bridgehead atoms. The van der Waals surface area contributed by atoms with Crippen molar-refractivity contribution in [3.63, 3.8) is 0 Å². The molecule has 0 unspecified atom stereocenters. The zero-order valence-corrected chi connectivity index (χ0v) is 28.2. The number of benzene rings is 3. The SMILES string of the molecule is CCOC(=O)c1cc2cc(C[C@@H](C)NC[C@@H](O[Si](C)(C)C(C)(C)C)c3ccc(O)c(CO)c3)ccc2n1Cc1ccccc1. The lowest BCUT2D eigenvalue weighted by Crippen LogP contribution is -2.44. The smallest absolute Gasteiger partial charge is 0.354 e. The summed E-state index contributed by atoms with van der Waals surface area (Å²) in [7, 11) is -2.12. The van der Waals surface area contributed by atoms with Crippen LogP contribution in [0.1, 0.15) is 73.5 Å². The van der Waals surface area contributed by atoms with Crippen molar-refractivity contribution in [2.45, 2.75) is 84.5 Å². The maximum absolute atomic E-state index is 12.9. The lowest BCUT2D eigenvalue weighted by atomic mass is 10.0. The van der Waals surface area contributed by atoms with Crippen LogP contribution in [0, 0.1) is 0 Å². The van der Waals surface area contributed by atoms with Gasteiger partial charge in [-0.15, -0.1) is 0 Å². The van der Waals surface area contributed by atoms with Crippen LogP contribution in [0.2, 0.25) is 18.1 Å². The minimum Gasteiger partial charge on any atom is -0.508 e. The molecular formula is C36H48N2O5Si. The normalized spacial score (nSPS) is 13.6. The molecule has 0 saturated carbocycles. The molecule has 236 valence electrons. The molecule has 4 rings (SSSR count). The number of esters is 1. The van der Waals surface area contributed by atoms with Gasteiger partial charge in [0.25, 0.3) is 0 Å². The largest absolute Gasteiger partial charge is 0.508 e. The maximum atomic E-state index is 12.9. The van der Waals surface area contributed by atoms with Crippen LogP contribution in [0.15, 0.2) is 72.8 Å². The third-order valence-electron chi connectivity index (χ3n) is 8.72. The average molecular weight is 617 g/mol. The van der Waals surface area contributed by atoms with Crippen molar-refractivity contribution in [3.05, 3.63) is 101 Å². The second kappa shape index (κ2) is 14.1. The van der Waals surface area contributed by atoms with Gasteiger partial charge in [0.1, 0.15) is 11.4 Å². The molecule has 0 aliphatic heterocycles. The summed E-state index contributed by atoms with van der Waals surface area (Å²) >= 11 is 0. The number of ether oxygens (including phenoxy) is 1. The molecule has 0 fully saturated rings. The van der Waals surface area contributed by atoms with E-state index in [2.05, 4.69) is 76.4 Å². The first kappa shape index (κ1) is 33.5. The Morgan fingerprint density at radius 3 is 2.39 bits per heavy atom. The van der Waals surface area contributed by atoms with Gasteiger partial charge in [0.2, 0.25) is 0 Å². The number of nitrogens with zero attached hydrogens (tertiary/aromatic N) is 1. The van der Waals surface area contributed by atoms with Crippen LogP contribution >= 0.6 is 0 Å². The van der Waals surface area contributed by atoms with Gasteiger partial charge in [-0.3, -0.25) is 0 Å². The number of aromatic nitrogens is 1. The van der Waals surface area contributed by atoms with E-state index < -0.39 is 8.32 Å². The molecule has 3 N–H and O–H groups in total. The minimum atomic E-state index is -2.12. The Labute approximate surface area is 263 Å². The van der Waals surface area contributed by atoms with Crippen molar-refractivity contribution in [3.8, 4) is 5.75 Å².